The third-order valence-corrected chi connectivity index (χ3v) is 7.88. The summed E-state index contributed by atoms with van der Waals surface area (Å²) in [5.41, 5.74) is 13.3. The van der Waals surface area contributed by atoms with Crippen molar-refractivity contribution in [1.82, 2.24) is 0 Å². The topological polar surface area (TPSA) is 20.5 Å². The number of hydrogen-bond donors (Lipinski definition) is 1. The molecule has 0 atom stereocenters. The monoisotopic (exact) mass is 561 g/mol. The Labute approximate surface area is 252 Å². The van der Waals surface area contributed by atoms with Crippen LogP contribution in [0.25, 0.3) is 11.1 Å². The highest BCUT2D eigenvalue weighted by Crippen LogP contribution is 2.37. The number of anilines is 2. The number of nitrogens with one attached hydrogen (secondary N) is 1. The minimum absolute atomic E-state index is 0. The summed E-state index contributed by atoms with van der Waals surface area (Å²) in [4.78, 5) is 8.31. The van der Waals surface area contributed by atoms with Gasteiger partial charge in [0.15, 0.2) is 0 Å². The lowest BCUT2D eigenvalue weighted by atomic mass is 9.83. The SMILES string of the molecule is CCN(C)c1ccc(C(=C2C=CC(=[NH+]c3ccc(C)cc3)c3ccccc32)c2ccc(N(CC)CC)cc2)cc1.[Cl-]. The fourth-order valence-corrected chi connectivity index (χ4v) is 5.39. The lowest BCUT2D eigenvalue weighted by Crippen LogP contribution is -3.00. The molecular formula is C37H40ClN3. The van der Waals surface area contributed by atoms with Crippen LogP contribution in [0.1, 0.15) is 48.6 Å². The number of rotatable bonds is 8. The van der Waals surface area contributed by atoms with E-state index in [1.807, 2.05) is 0 Å². The van der Waals surface area contributed by atoms with E-state index in [0.29, 0.717) is 0 Å². The third-order valence-electron chi connectivity index (χ3n) is 7.88. The first-order chi connectivity index (χ1) is 19.5. The molecule has 3 nitrogen and oxygen atoms in total. The number of fused-ring (bicyclic) bond motifs is 1. The van der Waals surface area contributed by atoms with Crippen molar-refractivity contribution in [2.45, 2.75) is 27.7 Å². The molecular weight excluding hydrogens is 522 g/mol. The Morgan fingerprint density at radius 3 is 1.76 bits per heavy atom. The quantitative estimate of drug-likeness (QED) is 0.351. The summed E-state index contributed by atoms with van der Waals surface area (Å²) in [7, 11) is 2.14. The molecule has 4 aromatic rings. The lowest BCUT2D eigenvalue weighted by Gasteiger charge is -2.23. The molecule has 0 saturated carbocycles. The minimum atomic E-state index is 0. The first-order valence-electron chi connectivity index (χ1n) is 14.4. The van der Waals surface area contributed by atoms with Crippen LogP contribution in [0.5, 0.6) is 0 Å². The molecule has 210 valence electrons. The van der Waals surface area contributed by atoms with Crippen LogP contribution in [-0.2, 0) is 0 Å². The maximum Gasteiger partial charge on any atom is 0.211 e. The van der Waals surface area contributed by atoms with Crippen LogP contribution in [0.3, 0.4) is 0 Å². The van der Waals surface area contributed by atoms with Crippen LogP contribution in [-0.4, -0.2) is 32.4 Å². The predicted molar refractivity (Wildman–Crippen MR) is 173 cm³/mol. The van der Waals surface area contributed by atoms with Gasteiger partial charge in [0.1, 0.15) is 0 Å². The number of nitrogens with zero attached hydrogens (tertiary/aromatic N) is 2. The van der Waals surface area contributed by atoms with Crippen molar-refractivity contribution in [2.24, 2.45) is 0 Å². The van der Waals surface area contributed by atoms with Gasteiger partial charge in [0, 0.05) is 56.3 Å². The molecule has 1 aliphatic rings. The zero-order chi connectivity index (χ0) is 28.1. The predicted octanol–water partition coefficient (Wildman–Crippen LogP) is 4.03. The second-order valence-electron chi connectivity index (χ2n) is 10.4. The Morgan fingerprint density at radius 2 is 1.20 bits per heavy atom. The molecule has 0 radical (unpaired) electrons. The summed E-state index contributed by atoms with van der Waals surface area (Å²) in [5.74, 6) is 0. The summed E-state index contributed by atoms with van der Waals surface area (Å²) in [5, 5.41) is 0. The average molecular weight is 562 g/mol. The molecule has 0 saturated heterocycles. The van der Waals surface area contributed by atoms with Gasteiger partial charge < -0.3 is 22.2 Å². The fourth-order valence-electron chi connectivity index (χ4n) is 5.39. The van der Waals surface area contributed by atoms with Crippen molar-refractivity contribution in [1.29, 1.82) is 0 Å². The molecule has 5 rings (SSSR count). The van der Waals surface area contributed by atoms with Gasteiger partial charge in [0.2, 0.25) is 11.4 Å². The first kappa shape index (κ1) is 29.9. The molecule has 1 N–H and O–H groups in total. The number of allylic oxidation sites excluding steroid dienone is 3. The molecule has 0 amide bonds. The summed E-state index contributed by atoms with van der Waals surface area (Å²) in [6.45, 7) is 11.7. The van der Waals surface area contributed by atoms with E-state index in [9.17, 15) is 0 Å². The van der Waals surface area contributed by atoms with Crippen molar-refractivity contribution in [3.05, 3.63) is 137 Å². The molecule has 0 aromatic heterocycles. The van der Waals surface area contributed by atoms with E-state index in [1.165, 1.54) is 50.3 Å². The molecule has 0 aliphatic heterocycles. The molecule has 0 heterocycles. The maximum absolute atomic E-state index is 3.66. The molecule has 4 heteroatoms. The highest BCUT2D eigenvalue weighted by Gasteiger charge is 2.23. The second kappa shape index (κ2) is 13.5. The smallest absolute Gasteiger partial charge is 0.211 e. The molecule has 41 heavy (non-hydrogen) atoms. The second-order valence-corrected chi connectivity index (χ2v) is 10.4. The van der Waals surface area contributed by atoms with E-state index >= 15 is 0 Å². The largest absolute Gasteiger partial charge is 1.00 e. The number of aryl methyl sites for hydroxylation is 1. The highest BCUT2D eigenvalue weighted by atomic mass is 35.5. The number of halogens is 1. The van der Waals surface area contributed by atoms with E-state index in [-0.39, 0.29) is 12.4 Å². The Kier molecular flexibility index (Phi) is 9.86. The summed E-state index contributed by atoms with van der Waals surface area (Å²) in [6.07, 6.45) is 4.50. The van der Waals surface area contributed by atoms with Gasteiger partial charge in [-0.15, -0.1) is 0 Å². The average Bonchev–Trinajstić information content (AvgIpc) is 3.00. The van der Waals surface area contributed by atoms with Crippen LogP contribution in [0, 0.1) is 6.92 Å². The lowest BCUT2D eigenvalue weighted by molar-refractivity contribution is -0.351. The van der Waals surface area contributed by atoms with Crippen molar-refractivity contribution in [3.8, 4) is 0 Å². The van der Waals surface area contributed by atoms with Crippen molar-refractivity contribution >= 4 is 33.9 Å². The zero-order valence-corrected chi connectivity index (χ0v) is 25.5. The van der Waals surface area contributed by atoms with Crippen molar-refractivity contribution in [2.75, 3.05) is 36.5 Å². The summed E-state index contributed by atoms with van der Waals surface area (Å²) in [6, 6.07) is 35.4. The Hall–Kier alpha value is -4.08. The Balaban J connectivity index is 0.00000387. The highest BCUT2D eigenvalue weighted by molar-refractivity contribution is 6.17. The Bertz CT molecular complexity index is 1540. The summed E-state index contributed by atoms with van der Waals surface area (Å²) < 4.78 is 0. The van der Waals surface area contributed by atoms with Gasteiger partial charge in [-0.2, -0.15) is 0 Å². The van der Waals surface area contributed by atoms with E-state index in [1.54, 1.807) is 0 Å². The van der Waals surface area contributed by atoms with Gasteiger partial charge in [-0.3, -0.25) is 0 Å². The first-order valence-corrected chi connectivity index (χ1v) is 14.4. The normalized spacial score (nSPS) is 14.3. The molecule has 0 spiro atoms. The maximum atomic E-state index is 3.66. The molecule has 1 aliphatic carbocycles. The molecule has 4 aromatic carbocycles. The van der Waals surface area contributed by atoms with E-state index in [4.69, 9.17) is 0 Å². The fraction of sp³-hybridized carbons (Fsp3) is 0.216. The van der Waals surface area contributed by atoms with Crippen molar-refractivity contribution < 1.29 is 17.4 Å². The van der Waals surface area contributed by atoms with Gasteiger partial charge in [-0.1, -0.05) is 60.2 Å². The van der Waals surface area contributed by atoms with Crippen LogP contribution in [0.15, 0.2) is 109 Å². The third kappa shape index (κ3) is 6.47. The van der Waals surface area contributed by atoms with E-state index in [0.717, 1.165) is 31.0 Å². The number of benzene rings is 4. The van der Waals surface area contributed by atoms with Crippen molar-refractivity contribution in [3.63, 3.8) is 0 Å². The van der Waals surface area contributed by atoms with Gasteiger partial charge in [-0.25, -0.2) is 4.99 Å². The number of hydrogen-bond acceptors (Lipinski definition) is 2. The van der Waals surface area contributed by atoms with Gasteiger partial charge in [0.25, 0.3) is 0 Å². The van der Waals surface area contributed by atoms with Gasteiger partial charge in [-0.05, 0) is 91.9 Å². The van der Waals surface area contributed by atoms with E-state index < -0.39 is 0 Å². The molecule has 0 fully saturated rings. The van der Waals surface area contributed by atoms with Crippen LogP contribution in [0.2, 0.25) is 0 Å². The zero-order valence-electron chi connectivity index (χ0n) is 24.8. The van der Waals surface area contributed by atoms with Gasteiger partial charge >= 0.3 is 0 Å². The van der Waals surface area contributed by atoms with Gasteiger partial charge in [0.05, 0.1) is 5.56 Å². The van der Waals surface area contributed by atoms with E-state index in [2.05, 4.69) is 159 Å². The minimum Gasteiger partial charge on any atom is -1.00 e. The summed E-state index contributed by atoms with van der Waals surface area (Å²) >= 11 is 0. The van der Waals surface area contributed by atoms with Crippen LogP contribution >= 0.6 is 0 Å². The Morgan fingerprint density at radius 1 is 0.634 bits per heavy atom. The van der Waals surface area contributed by atoms with Crippen LogP contribution < -0.4 is 27.2 Å². The molecule has 0 bridgehead atoms. The van der Waals surface area contributed by atoms with Crippen LogP contribution in [0.4, 0.5) is 17.1 Å². The molecule has 0 unspecified atom stereocenters. The standard InChI is InChI=1S/C37H39N3.ClH/c1-6-39(5)31-21-15-28(16-22-31)37(29-17-23-32(24-18-29)40(7-2)8-3)35-25-26-36(34-12-10-9-11-33(34)35)38-30-19-13-27(4)14-20-30;/h9-26H,6-8H2,1-5H3;1H.